The predicted molar refractivity (Wildman–Crippen MR) is 178 cm³/mol. The second kappa shape index (κ2) is 16.0. The molecule has 1 fully saturated rings. The number of hydrogen-bond donors (Lipinski definition) is 1. The van der Waals surface area contributed by atoms with Crippen LogP contribution < -0.4 is 23.8 Å². The molecule has 1 aliphatic rings. The molecule has 0 saturated heterocycles. The summed E-state index contributed by atoms with van der Waals surface area (Å²) in [5.74, 6) is 0.369. The summed E-state index contributed by atoms with van der Waals surface area (Å²) in [4.78, 5) is 29.5. The molecule has 1 saturated carbocycles. The number of methoxy groups -OCH3 is 3. The van der Waals surface area contributed by atoms with Gasteiger partial charge in [-0.15, -0.1) is 0 Å². The summed E-state index contributed by atoms with van der Waals surface area (Å²) < 4.78 is 45.6. The number of carbonyl (C=O) groups is 2. The van der Waals surface area contributed by atoms with Gasteiger partial charge >= 0.3 is 0 Å². The maximum atomic E-state index is 14.4. The number of ether oxygens (including phenoxy) is 3. The van der Waals surface area contributed by atoms with Crippen LogP contribution in [0.4, 0.5) is 5.69 Å². The van der Waals surface area contributed by atoms with E-state index in [4.69, 9.17) is 25.8 Å². The molecular formula is C34H42ClN3O7S. The third kappa shape index (κ3) is 8.44. The fourth-order valence-corrected chi connectivity index (χ4v) is 7.23. The molecule has 1 aliphatic carbocycles. The van der Waals surface area contributed by atoms with E-state index < -0.39 is 28.5 Å². The maximum Gasteiger partial charge on any atom is 0.264 e. The highest BCUT2D eigenvalue weighted by molar-refractivity contribution is 7.92. The molecule has 2 amide bonds. The lowest BCUT2D eigenvalue weighted by Crippen LogP contribution is -2.54. The van der Waals surface area contributed by atoms with Gasteiger partial charge in [0.2, 0.25) is 11.8 Å². The van der Waals surface area contributed by atoms with Crippen molar-refractivity contribution in [3.05, 3.63) is 77.3 Å². The van der Waals surface area contributed by atoms with Crippen molar-refractivity contribution in [2.24, 2.45) is 0 Å². The van der Waals surface area contributed by atoms with Crippen LogP contribution in [0.3, 0.4) is 0 Å². The van der Waals surface area contributed by atoms with Gasteiger partial charge in [-0.2, -0.15) is 0 Å². The van der Waals surface area contributed by atoms with Gasteiger partial charge in [-0.25, -0.2) is 8.42 Å². The lowest BCUT2D eigenvalue weighted by Gasteiger charge is -2.34. The summed E-state index contributed by atoms with van der Waals surface area (Å²) in [5, 5.41) is 3.56. The zero-order valence-corrected chi connectivity index (χ0v) is 28.3. The van der Waals surface area contributed by atoms with E-state index in [1.54, 1.807) is 37.4 Å². The number of nitrogens with zero attached hydrogens (tertiary/aromatic N) is 2. The van der Waals surface area contributed by atoms with Gasteiger partial charge in [0.1, 0.15) is 18.3 Å². The molecule has 3 aromatic rings. The molecule has 0 aliphatic heterocycles. The Bertz CT molecular complexity index is 1590. The Kier molecular flexibility index (Phi) is 12.2. The Balaban J connectivity index is 1.74. The second-order valence-electron chi connectivity index (χ2n) is 11.1. The molecule has 0 bridgehead atoms. The first-order valence-electron chi connectivity index (χ1n) is 15.3. The lowest BCUT2D eigenvalue weighted by atomic mass is 9.95. The fourth-order valence-electron chi connectivity index (χ4n) is 5.67. The molecule has 0 spiro atoms. The Labute approximate surface area is 276 Å². The monoisotopic (exact) mass is 671 g/mol. The summed E-state index contributed by atoms with van der Waals surface area (Å²) >= 11 is 6.14. The first kappa shape index (κ1) is 34.9. The van der Waals surface area contributed by atoms with Crippen molar-refractivity contribution < 1.29 is 32.2 Å². The van der Waals surface area contributed by atoms with Crippen molar-refractivity contribution in [3.8, 4) is 17.2 Å². The van der Waals surface area contributed by atoms with Crippen molar-refractivity contribution in [2.75, 3.05) is 32.2 Å². The predicted octanol–water partition coefficient (Wildman–Crippen LogP) is 5.82. The van der Waals surface area contributed by atoms with Gasteiger partial charge in [0.05, 0.1) is 31.9 Å². The third-order valence-electron chi connectivity index (χ3n) is 8.16. The summed E-state index contributed by atoms with van der Waals surface area (Å²) in [5.41, 5.74) is 0.964. The highest BCUT2D eigenvalue weighted by Gasteiger charge is 2.35. The van der Waals surface area contributed by atoms with Crippen LogP contribution in [0.5, 0.6) is 17.2 Å². The summed E-state index contributed by atoms with van der Waals surface area (Å²) in [6.07, 6.45) is 5.33. The highest BCUT2D eigenvalue weighted by Crippen LogP contribution is 2.33. The van der Waals surface area contributed by atoms with Crippen LogP contribution in [0.15, 0.2) is 71.6 Å². The molecule has 12 heteroatoms. The summed E-state index contributed by atoms with van der Waals surface area (Å²) in [6, 6.07) is 16.9. The maximum absolute atomic E-state index is 14.4. The molecule has 3 aromatic carbocycles. The number of carbonyl (C=O) groups excluding carboxylic acids is 2. The lowest BCUT2D eigenvalue weighted by molar-refractivity contribution is -0.140. The number of anilines is 1. The molecule has 1 N–H and O–H groups in total. The van der Waals surface area contributed by atoms with Crippen molar-refractivity contribution in [1.82, 2.24) is 10.2 Å². The number of halogens is 1. The molecule has 0 heterocycles. The molecule has 0 radical (unpaired) electrons. The van der Waals surface area contributed by atoms with Gasteiger partial charge in [-0.1, -0.05) is 49.9 Å². The number of hydrogen-bond acceptors (Lipinski definition) is 7. The average Bonchev–Trinajstić information content (AvgIpc) is 3.07. The van der Waals surface area contributed by atoms with E-state index >= 15 is 0 Å². The van der Waals surface area contributed by atoms with Crippen LogP contribution in [0.2, 0.25) is 5.02 Å². The van der Waals surface area contributed by atoms with E-state index in [1.165, 1.54) is 49.5 Å². The van der Waals surface area contributed by atoms with Gasteiger partial charge in [-0.05, 0) is 73.4 Å². The minimum atomic E-state index is -4.33. The van der Waals surface area contributed by atoms with Gasteiger partial charge in [0.15, 0.2) is 11.5 Å². The zero-order chi connectivity index (χ0) is 33.3. The molecule has 1 unspecified atom stereocenters. The number of rotatable bonds is 14. The Hall–Kier alpha value is -3.96. The summed E-state index contributed by atoms with van der Waals surface area (Å²) in [7, 11) is 0.0934. The number of nitrogens with one attached hydrogen (secondary N) is 1. The first-order chi connectivity index (χ1) is 22.1. The normalized spacial score (nSPS) is 14.2. The first-order valence-corrected chi connectivity index (χ1v) is 17.2. The molecule has 1 atom stereocenters. The van der Waals surface area contributed by atoms with E-state index in [0.717, 1.165) is 42.0 Å². The van der Waals surface area contributed by atoms with Gasteiger partial charge in [0.25, 0.3) is 10.0 Å². The van der Waals surface area contributed by atoms with Gasteiger partial charge in [0, 0.05) is 23.7 Å². The third-order valence-corrected chi connectivity index (χ3v) is 10.2. The Morgan fingerprint density at radius 1 is 0.913 bits per heavy atom. The van der Waals surface area contributed by atoms with Crippen LogP contribution in [-0.2, 0) is 26.2 Å². The quantitative estimate of drug-likeness (QED) is 0.230. The van der Waals surface area contributed by atoms with Crippen LogP contribution >= 0.6 is 11.6 Å². The van der Waals surface area contributed by atoms with Crippen LogP contribution in [0.25, 0.3) is 0 Å². The van der Waals surface area contributed by atoms with Crippen LogP contribution in [-0.4, -0.2) is 65.1 Å². The van der Waals surface area contributed by atoms with E-state index in [-0.39, 0.29) is 34.8 Å². The SMILES string of the molecule is CCC(C(=O)NC1CCCCC1)N(Cc1cccc(OC)c1)C(=O)CN(c1ccc(Cl)cc1)S(=O)(=O)c1ccc(OC)c(OC)c1. The second-order valence-corrected chi connectivity index (χ2v) is 13.4. The Morgan fingerprint density at radius 2 is 1.61 bits per heavy atom. The molecule has 46 heavy (non-hydrogen) atoms. The van der Waals surface area contributed by atoms with E-state index in [1.807, 2.05) is 13.0 Å². The minimum Gasteiger partial charge on any atom is -0.497 e. The van der Waals surface area contributed by atoms with E-state index in [9.17, 15) is 18.0 Å². The topological polar surface area (TPSA) is 114 Å². The molecule has 4 rings (SSSR count). The fraction of sp³-hybridized carbons (Fsp3) is 0.412. The standard InChI is InChI=1S/C34H42ClN3O7S/c1-5-30(34(40)36-26-11-7-6-8-12-26)37(22-24-10-9-13-28(20-24)43-2)33(39)23-38(27-16-14-25(35)15-17-27)46(41,42)29-18-19-31(44-3)32(21-29)45-4/h9-10,13-21,26,30H,5-8,11-12,22-23H2,1-4H3,(H,36,40). The van der Waals surface area contributed by atoms with Crippen molar-refractivity contribution in [1.29, 1.82) is 0 Å². The van der Waals surface area contributed by atoms with Crippen molar-refractivity contribution in [3.63, 3.8) is 0 Å². The van der Waals surface area contributed by atoms with E-state index in [2.05, 4.69) is 5.32 Å². The zero-order valence-electron chi connectivity index (χ0n) is 26.7. The Morgan fingerprint density at radius 3 is 2.24 bits per heavy atom. The number of sulfonamides is 1. The molecule has 0 aromatic heterocycles. The van der Waals surface area contributed by atoms with Crippen molar-refractivity contribution >= 4 is 39.1 Å². The minimum absolute atomic E-state index is 0.0417. The molecular weight excluding hydrogens is 630 g/mol. The largest absolute Gasteiger partial charge is 0.497 e. The van der Waals surface area contributed by atoms with Gasteiger partial charge in [-0.3, -0.25) is 13.9 Å². The summed E-state index contributed by atoms with van der Waals surface area (Å²) in [6.45, 7) is 1.33. The van der Waals surface area contributed by atoms with E-state index in [0.29, 0.717) is 22.9 Å². The van der Waals surface area contributed by atoms with Gasteiger partial charge < -0.3 is 24.4 Å². The number of amides is 2. The molecule has 248 valence electrons. The highest BCUT2D eigenvalue weighted by atomic mass is 35.5. The van der Waals surface area contributed by atoms with Crippen LogP contribution in [0.1, 0.15) is 51.0 Å². The average molecular weight is 672 g/mol. The van der Waals surface area contributed by atoms with Crippen LogP contribution in [0, 0.1) is 0 Å². The van der Waals surface area contributed by atoms with Crippen molar-refractivity contribution in [2.45, 2.75) is 69.0 Å². The molecule has 10 nitrogen and oxygen atoms in total. The smallest absolute Gasteiger partial charge is 0.264 e. The number of benzene rings is 3.